The van der Waals surface area contributed by atoms with Crippen molar-refractivity contribution in [3.63, 3.8) is 0 Å². The van der Waals surface area contributed by atoms with Gasteiger partial charge in [0, 0.05) is 56.3 Å². The highest BCUT2D eigenvalue weighted by molar-refractivity contribution is 5.99. The lowest BCUT2D eigenvalue weighted by Crippen LogP contribution is -2.35. The number of fused-ring (bicyclic) bond motifs is 1. The van der Waals surface area contributed by atoms with E-state index in [1.54, 1.807) is 31.3 Å². The van der Waals surface area contributed by atoms with Crippen molar-refractivity contribution >= 4 is 17.5 Å². The number of methoxy groups -OCH3 is 2. The van der Waals surface area contributed by atoms with Crippen molar-refractivity contribution in [2.24, 2.45) is 0 Å². The van der Waals surface area contributed by atoms with Crippen LogP contribution in [-0.2, 0) is 9.47 Å². The Kier molecular flexibility index (Phi) is 7.21. The Labute approximate surface area is 171 Å². The maximum absolute atomic E-state index is 12.8. The number of rotatable bonds is 10. The first-order valence-electron chi connectivity index (χ1n) is 9.68. The highest BCUT2D eigenvalue weighted by Crippen LogP contribution is 2.34. The number of hydrogen-bond acceptors (Lipinski definition) is 5. The van der Waals surface area contributed by atoms with Crippen LogP contribution in [0.5, 0.6) is 0 Å². The summed E-state index contributed by atoms with van der Waals surface area (Å²) in [5.74, 6) is -0.127. The van der Waals surface area contributed by atoms with E-state index in [4.69, 9.17) is 9.47 Å². The minimum atomic E-state index is -0.275. The van der Waals surface area contributed by atoms with Crippen molar-refractivity contribution in [1.29, 1.82) is 0 Å². The van der Waals surface area contributed by atoms with Crippen LogP contribution in [0.1, 0.15) is 38.9 Å². The Balaban J connectivity index is 1.69. The van der Waals surface area contributed by atoms with Gasteiger partial charge in [-0.25, -0.2) is 0 Å². The first-order chi connectivity index (χ1) is 14.2. The van der Waals surface area contributed by atoms with Gasteiger partial charge in [-0.3, -0.25) is 9.59 Å². The summed E-state index contributed by atoms with van der Waals surface area (Å²) >= 11 is 0. The van der Waals surface area contributed by atoms with Crippen LogP contribution < -0.4 is 10.6 Å². The van der Waals surface area contributed by atoms with E-state index in [0.717, 1.165) is 17.7 Å². The van der Waals surface area contributed by atoms with Crippen LogP contribution in [0.15, 0.2) is 48.5 Å². The van der Waals surface area contributed by atoms with Crippen LogP contribution in [-0.4, -0.2) is 57.2 Å². The molecule has 29 heavy (non-hydrogen) atoms. The minimum Gasteiger partial charge on any atom is -0.385 e. The van der Waals surface area contributed by atoms with Gasteiger partial charge >= 0.3 is 0 Å². The number of carbonyl (C=O) groups is 2. The zero-order valence-corrected chi connectivity index (χ0v) is 16.8. The Morgan fingerprint density at radius 1 is 1.03 bits per heavy atom. The average molecular weight is 397 g/mol. The third-order valence-electron chi connectivity index (χ3n) is 4.86. The minimum absolute atomic E-state index is 0.0118. The molecule has 2 amide bonds. The van der Waals surface area contributed by atoms with Crippen LogP contribution in [0.3, 0.4) is 0 Å². The molecule has 154 valence electrons. The third-order valence-corrected chi connectivity index (χ3v) is 4.86. The number of carbonyl (C=O) groups excluding carboxylic acids is 2. The normalized spacial score (nSPS) is 15.3. The van der Waals surface area contributed by atoms with Gasteiger partial charge in [0.1, 0.15) is 6.17 Å². The van der Waals surface area contributed by atoms with Gasteiger partial charge in [0.25, 0.3) is 11.8 Å². The van der Waals surface area contributed by atoms with E-state index in [0.29, 0.717) is 37.4 Å². The second-order valence-corrected chi connectivity index (χ2v) is 6.81. The lowest BCUT2D eigenvalue weighted by atomic mass is 10.1. The first kappa shape index (κ1) is 20.8. The summed E-state index contributed by atoms with van der Waals surface area (Å²) in [6.45, 7) is 2.14. The van der Waals surface area contributed by atoms with Gasteiger partial charge in [-0.2, -0.15) is 0 Å². The van der Waals surface area contributed by atoms with E-state index in [-0.39, 0.29) is 18.0 Å². The summed E-state index contributed by atoms with van der Waals surface area (Å²) in [6.07, 6.45) is 0.497. The number of amides is 2. The molecule has 1 unspecified atom stereocenters. The van der Waals surface area contributed by atoms with E-state index < -0.39 is 0 Å². The quantitative estimate of drug-likeness (QED) is 0.603. The molecule has 0 fully saturated rings. The van der Waals surface area contributed by atoms with Gasteiger partial charge in [0.2, 0.25) is 0 Å². The zero-order valence-electron chi connectivity index (χ0n) is 16.8. The summed E-state index contributed by atoms with van der Waals surface area (Å²) in [6, 6.07) is 14.8. The topological polar surface area (TPSA) is 79.9 Å². The molecule has 7 heteroatoms. The molecule has 0 radical (unpaired) electrons. The molecule has 2 aromatic carbocycles. The van der Waals surface area contributed by atoms with Gasteiger partial charge in [0.05, 0.1) is 6.61 Å². The van der Waals surface area contributed by atoms with Crippen molar-refractivity contribution in [2.45, 2.75) is 12.6 Å². The second kappa shape index (κ2) is 10.0. The van der Waals surface area contributed by atoms with Crippen molar-refractivity contribution in [2.75, 3.05) is 45.8 Å². The fourth-order valence-electron chi connectivity index (χ4n) is 3.34. The molecule has 0 aromatic heterocycles. The molecule has 0 aliphatic carbocycles. The summed E-state index contributed by atoms with van der Waals surface area (Å²) in [7, 11) is 3.26. The number of benzene rings is 2. The molecule has 0 saturated heterocycles. The molecule has 2 N–H and O–H groups in total. The van der Waals surface area contributed by atoms with Crippen LogP contribution in [0.25, 0.3) is 0 Å². The second-order valence-electron chi connectivity index (χ2n) is 6.81. The highest BCUT2D eigenvalue weighted by atomic mass is 16.5. The predicted octanol–water partition coefficient (Wildman–Crippen LogP) is 2.67. The number of anilines is 1. The fraction of sp³-hybridized carbons (Fsp3) is 0.364. The van der Waals surface area contributed by atoms with Gasteiger partial charge in [-0.1, -0.05) is 18.2 Å². The summed E-state index contributed by atoms with van der Waals surface area (Å²) < 4.78 is 10.1. The predicted molar refractivity (Wildman–Crippen MR) is 111 cm³/mol. The van der Waals surface area contributed by atoms with Crippen molar-refractivity contribution in [3.05, 3.63) is 65.2 Å². The van der Waals surface area contributed by atoms with E-state index in [1.807, 2.05) is 36.4 Å². The van der Waals surface area contributed by atoms with Crippen molar-refractivity contribution in [1.82, 2.24) is 10.2 Å². The van der Waals surface area contributed by atoms with Gasteiger partial charge < -0.3 is 25.0 Å². The van der Waals surface area contributed by atoms with E-state index >= 15 is 0 Å². The molecular formula is C22H27N3O4. The van der Waals surface area contributed by atoms with E-state index in [1.165, 1.54) is 0 Å². The summed E-state index contributed by atoms with van der Waals surface area (Å²) in [4.78, 5) is 26.7. The Morgan fingerprint density at radius 2 is 1.76 bits per heavy atom. The molecule has 1 aliphatic heterocycles. The third kappa shape index (κ3) is 4.93. The average Bonchev–Trinajstić information content (AvgIpc) is 3.01. The van der Waals surface area contributed by atoms with Crippen molar-refractivity contribution in [3.8, 4) is 0 Å². The standard InChI is InChI=1S/C22H27N3O4/c1-28-14-5-12-23-21(26)16-8-10-17(11-9-16)24-20-18-6-3-4-7-19(18)22(27)25(20)13-15-29-2/h3-4,6-11,20,24H,5,12-15H2,1-2H3,(H,23,26). The first-order valence-corrected chi connectivity index (χ1v) is 9.68. The van der Waals surface area contributed by atoms with Crippen LogP contribution >= 0.6 is 0 Å². The molecular weight excluding hydrogens is 370 g/mol. The number of ether oxygens (including phenoxy) is 2. The molecule has 0 spiro atoms. The smallest absolute Gasteiger partial charge is 0.256 e. The lowest BCUT2D eigenvalue weighted by Gasteiger charge is -2.27. The molecule has 2 aromatic rings. The molecule has 1 atom stereocenters. The lowest BCUT2D eigenvalue weighted by molar-refractivity contribution is 0.0674. The maximum Gasteiger partial charge on any atom is 0.256 e. The molecule has 1 aliphatic rings. The summed E-state index contributed by atoms with van der Waals surface area (Å²) in [5.41, 5.74) is 3.06. The Morgan fingerprint density at radius 3 is 2.48 bits per heavy atom. The molecule has 0 saturated carbocycles. The van der Waals surface area contributed by atoms with E-state index in [2.05, 4.69) is 10.6 Å². The van der Waals surface area contributed by atoms with E-state index in [9.17, 15) is 9.59 Å². The molecule has 3 rings (SSSR count). The van der Waals surface area contributed by atoms with Gasteiger partial charge in [0.15, 0.2) is 0 Å². The molecule has 7 nitrogen and oxygen atoms in total. The monoisotopic (exact) mass is 397 g/mol. The fourth-order valence-corrected chi connectivity index (χ4v) is 3.34. The maximum atomic E-state index is 12.8. The number of nitrogens with one attached hydrogen (secondary N) is 2. The van der Waals surface area contributed by atoms with Crippen molar-refractivity contribution < 1.29 is 19.1 Å². The largest absolute Gasteiger partial charge is 0.385 e. The van der Waals surface area contributed by atoms with Crippen LogP contribution in [0.4, 0.5) is 5.69 Å². The van der Waals surface area contributed by atoms with Gasteiger partial charge in [-0.05, 0) is 36.8 Å². The highest BCUT2D eigenvalue weighted by Gasteiger charge is 2.36. The number of nitrogens with zero attached hydrogens (tertiary/aromatic N) is 1. The SMILES string of the molecule is COCCCNC(=O)c1ccc(NC2c3ccccc3C(=O)N2CCOC)cc1. The zero-order chi connectivity index (χ0) is 20.6. The summed E-state index contributed by atoms with van der Waals surface area (Å²) in [5, 5.41) is 6.28. The van der Waals surface area contributed by atoms with Crippen LogP contribution in [0, 0.1) is 0 Å². The molecule has 1 heterocycles. The van der Waals surface area contributed by atoms with Crippen LogP contribution in [0.2, 0.25) is 0 Å². The van der Waals surface area contributed by atoms with Gasteiger partial charge in [-0.15, -0.1) is 0 Å². The Bertz CT molecular complexity index is 838. The number of hydrogen-bond donors (Lipinski definition) is 2. The Hall–Kier alpha value is -2.90. The molecule has 0 bridgehead atoms.